The van der Waals surface area contributed by atoms with Gasteiger partial charge in [-0.1, -0.05) is 0 Å². The minimum Gasteiger partial charge on any atom is -0.481 e. The average molecular weight is 254 g/mol. The quantitative estimate of drug-likeness (QED) is 0.886. The zero-order valence-electron chi connectivity index (χ0n) is 9.33. The second kappa shape index (κ2) is 5.27. The maximum absolute atomic E-state index is 12.0. The molecule has 0 aromatic carbocycles. The summed E-state index contributed by atoms with van der Waals surface area (Å²) in [6, 6.07) is 0. The van der Waals surface area contributed by atoms with Crippen molar-refractivity contribution in [3.8, 4) is 0 Å². The molecule has 0 bridgehead atoms. The molecule has 2 heterocycles. The number of nitrogens with zero attached hydrogens (tertiary/aromatic N) is 2. The van der Waals surface area contributed by atoms with Crippen molar-refractivity contribution in [2.45, 2.75) is 19.3 Å². The largest absolute Gasteiger partial charge is 0.481 e. The van der Waals surface area contributed by atoms with Gasteiger partial charge in [-0.15, -0.1) is 11.3 Å². The molecule has 1 aliphatic heterocycles. The minimum atomic E-state index is -0.794. The van der Waals surface area contributed by atoms with Crippen LogP contribution in [0.15, 0.2) is 10.9 Å². The van der Waals surface area contributed by atoms with Gasteiger partial charge in [-0.3, -0.25) is 9.59 Å². The highest BCUT2D eigenvalue weighted by Crippen LogP contribution is 2.21. The zero-order valence-corrected chi connectivity index (χ0v) is 10.2. The molecule has 1 atom stereocenters. The fourth-order valence-electron chi connectivity index (χ4n) is 2.14. The molecular weight excluding hydrogens is 240 g/mol. The summed E-state index contributed by atoms with van der Waals surface area (Å²) in [6.07, 6.45) is 1.89. The van der Waals surface area contributed by atoms with Crippen LogP contribution < -0.4 is 0 Å². The lowest BCUT2D eigenvalue weighted by Crippen LogP contribution is -2.40. The van der Waals surface area contributed by atoms with Crippen molar-refractivity contribution < 1.29 is 14.7 Å². The first-order valence-electron chi connectivity index (χ1n) is 5.56. The van der Waals surface area contributed by atoms with E-state index in [1.165, 1.54) is 11.3 Å². The molecule has 5 nitrogen and oxygen atoms in total. The van der Waals surface area contributed by atoms with Crippen LogP contribution in [0.1, 0.15) is 29.8 Å². The molecular formula is C11H14N2O3S. The average Bonchev–Trinajstić information content (AvgIpc) is 2.81. The van der Waals surface area contributed by atoms with Crippen molar-refractivity contribution in [1.29, 1.82) is 0 Å². The Labute approximate surface area is 103 Å². The van der Waals surface area contributed by atoms with Crippen LogP contribution >= 0.6 is 11.3 Å². The molecule has 1 aliphatic rings. The standard InChI is InChI=1S/C11H14N2O3S/c14-10(15)4-8-2-1-3-13(5-8)11(16)9-6-17-7-12-9/h6-8H,1-5H2,(H,14,15). The highest BCUT2D eigenvalue weighted by molar-refractivity contribution is 7.07. The number of hydrogen-bond donors (Lipinski definition) is 1. The summed E-state index contributed by atoms with van der Waals surface area (Å²) in [5, 5.41) is 10.5. The van der Waals surface area contributed by atoms with Gasteiger partial charge in [0.2, 0.25) is 0 Å². The first-order valence-corrected chi connectivity index (χ1v) is 6.50. The van der Waals surface area contributed by atoms with Gasteiger partial charge in [0.25, 0.3) is 5.91 Å². The highest BCUT2D eigenvalue weighted by atomic mass is 32.1. The zero-order chi connectivity index (χ0) is 12.3. The summed E-state index contributed by atoms with van der Waals surface area (Å²) in [6.45, 7) is 1.23. The Morgan fingerprint density at radius 3 is 3.06 bits per heavy atom. The van der Waals surface area contributed by atoms with E-state index in [0.29, 0.717) is 18.8 Å². The molecule has 1 unspecified atom stereocenters. The maximum atomic E-state index is 12.0. The molecule has 1 aromatic rings. The molecule has 1 amide bonds. The van der Waals surface area contributed by atoms with E-state index in [-0.39, 0.29) is 18.2 Å². The van der Waals surface area contributed by atoms with E-state index in [1.54, 1.807) is 15.8 Å². The first-order chi connectivity index (χ1) is 8.16. The van der Waals surface area contributed by atoms with Gasteiger partial charge in [-0.2, -0.15) is 0 Å². The van der Waals surface area contributed by atoms with E-state index in [1.807, 2.05) is 0 Å². The molecule has 1 saturated heterocycles. The lowest BCUT2D eigenvalue weighted by atomic mass is 9.95. The van der Waals surface area contributed by atoms with Gasteiger partial charge in [0.1, 0.15) is 5.69 Å². The maximum Gasteiger partial charge on any atom is 0.303 e. The van der Waals surface area contributed by atoms with Crippen molar-refractivity contribution in [3.05, 3.63) is 16.6 Å². The molecule has 1 N–H and O–H groups in total. The number of amides is 1. The Kier molecular flexibility index (Phi) is 3.73. The van der Waals surface area contributed by atoms with Crippen molar-refractivity contribution in [1.82, 2.24) is 9.88 Å². The lowest BCUT2D eigenvalue weighted by molar-refractivity contribution is -0.138. The third kappa shape index (κ3) is 3.03. The summed E-state index contributed by atoms with van der Waals surface area (Å²) in [5.41, 5.74) is 2.09. The van der Waals surface area contributed by atoms with Gasteiger partial charge in [-0.05, 0) is 18.8 Å². The smallest absolute Gasteiger partial charge is 0.303 e. The number of carbonyl (C=O) groups is 2. The Hall–Kier alpha value is -1.43. The van der Waals surface area contributed by atoms with Crippen molar-refractivity contribution >= 4 is 23.2 Å². The van der Waals surface area contributed by atoms with Crippen LogP contribution in [0, 0.1) is 5.92 Å². The summed E-state index contributed by atoms with van der Waals surface area (Å²) >= 11 is 1.39. The predicted octanol–water partition coefficient (Wildman–Crippen LogP) is 1.47. The Balaban J connectivity index is 1.97. The molecule has 0 aliphatic carbocycles. The van der Waals surface area contributed by atoms with Gasteiger partial charge in [0, 0.05) is 24.9 Å². The van der Waals surface area contributed by atoms with Gasteiger partial charge in [0.05, 0.1) is 5.51 Å². The number of carboxylic acids is 1. The normalized spacial score (nSPS) is 20.2. The second-order valence-corrected chi connectivity index (χ2v) is 4.95. The van der Waals surface area contributed by atoms with Crippen LogP contribution in [0.3, 0.4) is 0 Å². The summed E-state index contributed by atoms with van der Waals surface area (Å²) in [7, 11) is 0. The van der Waals surface area contributed by atoms with Crippen LogP contribution in [-0.4, -0.2) is 40.0 Å². The molecule has 0 spiro atoms. The third-order valence-corrected chi connectivity index (χ3v) is 3.51. The predicted molar refractivity (Wildman–Crippen MR) is 63.0 cm³/mol. The minimum absolute atomic E-state index is 0.0730. The Morgan fingerprint density at radius 1 is 1.59 bits per heavy atom. The van der Waals surface area contributed by atoms with Gasteiger partial charge >= 0.3 is 5.97 Å². The van der Waals surface area contributed by atoms with E-state index in [0.717, 1.165) is 12.8 Å². The molecule has 0 saturated carbocycles. The lowest BCUT2D eigenvalue weighted by Gasteiger charge is -2.31. The number of thiazole rings is 1. The van der Waals surface area contributed by atoms with Crippen LogP contribution in [0.25, 0.3) is 0 Å². The van der Waals surface area contributed by atoms with Crippen LogP contribution in [-0.2, 0) is 4.79 Å². The summed E-state index contributed by atoms with van der Waals surface area (Å²) in [4.78, 5) is 28.4. The molecule has 2 rings (SSSR count). The van der Waals surface area contributed by atoms with E-state index < -0.39 is 5.97 Å². The summed E-state index contributed by atoms with van der Waals surface area (Å²) in [5.74, 6) is -0.803. The molecule has 17 heavy (non-hydrogen) atoms. The highest BCUT2D eigenvalue weighted by Gasteiger charge is 2.26. The second-order valence-electron chi connectivity index (χ2n) is 4.23. The molecule has 6 heteroatoms. The SMILES string of the molecule is O=C(O)CC1CCCN(C(=O)c2cscn2)C1. The van der Waals surface area contributed by atoms with E-state index >= 15 is 0 Å². The van der Waals surface area contributed by atoms with Crippen LogP contribution in [0.2, 0.25) is 0 Å². The number of likely N-dealkylation sites (tertiary alicyclic amines) is 1. The van der Waals surface area contributed by atoms with Crippen molar-refractivity contribution in [2.75, 3.05) is 13.1 Å². The van der Waals surface area contributed by atoms with E-state index in [4.69, 9.17) is 5.11 Å². The fourth-order valence-corrected chi connectivity index (χ4v) is 2.67. The van der Waals surface area contributed by atoms with E-state index in [2.05, 4.69) is 4.98 Å². The number of hydrogen-bond acceptors (Lipinski definition) is 4. The Bertz CT molecular complexity index is 405. The van der Waals surface area contributed by atoms with Gasteiger partial charge in [0.15, 0.2) is 0 Å². The van der Waals surface area contributed by atoms with Gasteiger partial charge in [-0.25, -0.2) is 4.98 Å². The number of carbonyl (C=O) groups excluding carboxylic acids is 1. The molecule has 92 valence electrons. The van der Waals surface area contributed by atoms with Crippen molar-refractivity contribution in [2.24, 2.45) is 5.92 Å². The molecule has 0 radical (unpaired) electrons. The first kappa shape index (κ1) is 12.0. The van der Waals surface area contributed by atoms with Crippen LogP contribution in [0.5, 0.6) is 0 Å². The number of carboxylic acid groups (broad SMARTS) is 1. The monoisotopic (exact) mass is 254 g/mol. The van der Waals surface area contributed by atoms with Crippen molar-refractivity contribution in [3.63, 3.8) is 0 Å². The molecule has 1 fully saturated rings. The van der Waals surface area contributed by atoms with Gasteiger partial charge < -0.3 is 10.0 Å². The van der Waals surface area contributed by atoms with Crippen LogP contribution in [0.4, 0.5) is 0 Å². The number of aliphatic carboxylic acids is 1. The number of rotatable bonds is 3. The molecule has 1 aromatic heterocycles. The fraction of sp³-hybridized carbons (Fsp3) is 0.545. The number of aromatic nitrogens is 1. The Morgan fingerprint density at radius 2 is 2.41 bits per heavy atom. The summed E-state index contributed by atoms with van der Waals surface area (Å²) < 4.78 is 0. The third-order valence-electron chi connectivity index (χ3n) is 2.92. The topological polar surface area (TPSA) is 70.5 Å². The van der Waals surface area contributed by atoms with E-state index in [9.17, 15) is 9.59 Å². The number of piperidine rings is 1.